The number of aromatic hydroxyl groups is 1. The Bertz CT molecular complexity index is 553. The van der Waals surface area contributed by atoms with Gasteiger partial charge in [0.15, 0.2) is 0 Å². The van der Waals surface area contributed by atoms with Gasteiger partial charge < -0.3 is 10.4 Å². The number of hydrogen-bond acceptors (Lipinski definition) is 3. The zero-order valence-corrected chi connectivity index (χ0v) is 11.3. The lowest BCUT2D eigenvalue weighted by molar-refractivity contribution is 0.464. The number of rotatable bonds is 3. The van der Waals surface area contributed by atoms with Crippen LogP contribution in [0.1, 0.15) is 11.4 Å². The maximum absolute atomic E-state index is 9.68. The molecule has 0 amide bonds. The van der Waals surface area contributed by atoms with Crippen LogP contribution >= 0.6 is 23.2 Å². The first kappa shape index (κ1) is 13.0. The summed E-state index contributed by atoms with van der Waals surface area (Å²) in [4.78, 5) is 4.25. The van der Waals surface area contributed by atoms with E-state index >= 15 is 0 Å². The second-order valence-corrected chi connectivity index (χ2v) is 4.68. The van der Waals surface area contributed by atoms with Gasteiger partial charge in [0.1, 0.15) is 11.4 Å². The van der Waals surface area contributed by atoms with Crippen LogP contribution in [0.4, 0.5) is 5.69 Å². The quantitative estimate of drug-likeness (QED) is 0.894. The van der Waals surface area contributed by atoms with Crippen LogP contribution in [0.2, 0.25) is 10.0 Å². The molecule has 0 saturated heterocycles. The number of hydrogen-bond donors (Lipinski definition) is 2. The Kier molecular flexibility index (Phi) is 3.94. The number of nitrogens with zero attached hydrogens (tertiary/aromatic N) is 1. The Morgan fingerprint density at radius 2 is 1.83 bits per heavy atom. The maximum atomic E-state index is 9.68. The average Bonchev–Trinajstić information content (AvgIpc) is 2.33. The molecule has 1 aromatic heterocycles. The van der Waals surface area contributed by atoms with Crippen LogP contribution in [-0.4, -0.2) is 10.1 Å². The lowest BCUT2D eigenvalue weighted by atomic mass is 10.2. The molecule has 2 N–H and O–H groups in total. The molecule has 94 valence electrons. The van der Waals surface area contributed by atoms with E-state index in [0.717, 1.165) is 5.69 Å². The van der Waals surface area contributed by atoms with Crippen LogP contribution in [0.5, 0.6) is 5.75 Å². The summed E-state index contributed by atoms with van der Waals surface area (Å²) in [5.41, 5.74) is 2.05. The van der Waals surface area contributed by atoms with E-state index in [1.54, 1.807) is 30.3 Å². The largest absolute Gasteiger partial charge is 0.506 e. The number of anilines is 1. The molecule has 18 heavy (non-hydrogen) atoms. The van der Waals surface area contributed by atoms with Gasteiger partial charge in [-0.05, 0) is 31.2 Å². The van der Waals surface area contributed by atoms with Gasteiger partial charge in [-0.25, -0.2) is 0 Å². The molecular weight excluding hydrogens is 271 g/mol. The van der Waals surface area contributed by atoms with Gasteiger partial charge >= 0.3 is 0 Å². The van der Waals surface area contributed by atoms with Gasteiger partial charge in [0.2, 0.25) is 0 Å². The third-order valence-electron chi connectivity index (χ3n) is 2.48. The van der Waals surface area contributed by atoms with Crippen molar-refractivity contribution in [2.24, 2.45) is 0 Å². The monoisotopic (exact) mass is 282 g/mol. The predicted octanol–water partition coefficient (Wildman–Crippen LogP) is 4.01. The van der Waals surface area contributed by atoms with Crippen molar-refractivity contribution >= 4 is 28.9 Å². The van der Waals surface area contributed by atoms with E-state index in [4.69, 9.17) is 23.2 Å². The molecule has 0 aliphatic rings. The summed E-state index contributed by atoms with van der Waals surface area (Å²) < 4.78 is 0. The van der Waals surface area contributed by atoms with E-state index in [-0.39, 0.29) is 5.75 Å². The fourth-order valence-corrected chi connectivity index (χ4v) is 2.10. The highest BCUT2D eigenvalue weighted by atomic mass is 35.5. The zero-order chi connectivity index (χ0) is 13.1. The summed E-state index contributed by atoms with van der Waals surface area (Å²) in [5.74, 6) is 0.149. The predicted molar refractivity (Wildman–Crippen MR) is 74.4 cm³/mol. The van der Waals surface area contributed by atoms with Gasteiger partial charge in [-0.15, -0.1) is 0 Å². The summed E-state index contributed by atoms with van der Waals surface area (Å²) in [7, 11) is 0. The number of pyridine rings is 1. The lowest BCUT2D eigenvalue weighted by Gasteiger charge is -2.11. The molecule has 1 aromatic carbocycles. The second-order valence-electron chi connectivity index (χ2n) is 3.87. The minimum atomic E-state index is 0.149. The minimum absolute atomic E-state index is 0.149. The maximum Gasteiger partial charge on any atom is 0.138 e. The zero-order valence-electron chi connectivity index (χ0n) is 9.74. The van der Waals surface area contributed by atoms with Gasteiger partial charge in [0.25, 0.3) is 0 Å². The molecule has 0 radical (unpaired) electrons. The normalized spacial score (nSPS) is 10.4. The van der Waals surface area contributed by atoms with Crippen molar-refractivity contribution in [1.29, 1.82) is 0 Å². The van der Waals surface area contributed by atoms with Crippen molar-refractivity contribution in [2.75, 3.05) is 5.32 Å². The van der Waals surface area contributed by atoms with E-state index in [9.17, 15) is 5.11 Å². The summed E-state index contributed by atoms with van der Waals surface area (Å²) in [6, 6.07) is 8.64. The van der Waals surface area contributed by atoms with E-state index in [1.807, 2.05) is 6.92 Å². The van der Waals surface area contributed by atoms with E-state index in [2.05, 4.69) is 10.3 Å². The van der Waals surface area contributed by atoms with Gasteiger partial charge in [0, 0.05) is 5.69 Å². The first-order chi connectivity index (χ1) is 8.58. The smallest absolute Gasteiger partial charge is 0.138 e. The van der Waals surface area contributed by atoms with Gasteiger partial charge in [0.05, 0.1) is 22.3 Å². The van der Waals surface area contributed by atoms with Crippen molar-refractivity contribution in [3.8, 4) is 5.75 Å². The number of para-hydroxylation sites is 1. The Balaban J connectivity index is 2.19. The molecule has 2 aromatic rings. The van der Waals surface area contributed by atoms with E-state index < -0.39 is 0 Å². The highest BCUT2D eigenvalue weighted by molar-refractivity contribution is 6.39. The van der Waals surface area contributed by atoms with Crippen molar-refractivity contribution in [3.63, 3.8) is 0 Å². The third kappa shape index (κ3) is 2.86. The first-order valence-electron chi connectivity index (χ1n) is 5.41. The molecule has 1 heterocycles. The van der Waals surface area contributed by atoms with Crippen molar-refractivity contribution < 1.29 is 5.11 Å². The van der Waals surface area contributed by atoms with Crippen LogP contribution in [0, 0.1) is 6.92 Å². The molecule has 0 aliphatic heterocycles. The van der Waals surface area contributed by atoms with E-state index in [0.29, 0.717) is 28.0 Å². The van der Waals surface area contributed by atoms with E-state index in [1.165, 1.54) is 0 Å². The van der Waals surface area contributed by atoms with Crippen molar-refractivity contribution in [2.45, 2.75) is 13.5 Å². The molecule has 0 spiro atoms. The molecule has 0 saturated carbocycles. The minimum Gasteiger partial charge on any atom is -0.506 e. The Morgan fingerprint density at radius 1 is 1.17 bits per heavy atom. The number of halogens is 2. The molecule has 0 aliphatic carbocycles. The molecule has 5 heteroatoms. The Morgan fingerprint density at radius 3 is 2.50 bits per heavy atom. The van der Waals surface area contributed by atoms with Gasteiger partial charge in [-0.2, -0.15) is 0 Å². The van der Waals surface area contributed by atoms with Crippen LogP contribution in [-0.2, 0) is 6.54 Å². The topological polar surface area (TPSA) is 45.1 Å². The van der Waals surface area contributed by atoms with Crippen LogP contribution in [0.3, 0.4) is 0 Å². The third-order valence-corrected chi connectivity index (χ3v) is 3.11. The second kappa shape index (κ2) is 5.46. The number of nitrogens with one attached hydrogen (secondary N) is 1. The number of aromatic nitrogens is 1. The summed E-state index contributed by atoms with van der Waals surface area (Å²) in [6.07, 6.45) is 0. The molecule has 3 nitrogen and oxygen atoms in total. The molecule has 0 fully saturated rings. The highest BCUT2D eigenvalue weighted by Gasteiger charge is 2.07. The van der Waals surface area contributed by atoms with Crippen molar-refractivity contribution in [1.82, 2.24) is 4.98 Å². The lowest BCUT2D eigenvalue weighted by Crippen LogP contribution is -2.03. The Labute approximate surface area is 115 Å². The molecular formula is C13H12Cl2N2O. The standard InChI is InChI=1S/C13H12Cl2N2O/c1-8-5-6-12(18)11(17-8)7-16-13-9(14)3-2-4-10(13)15/h2-6,16,18H,7H2,1H3. The van der Waals surface area contributed by atoms with Crippen LogP contribution in [0.15, 0.2) is 30.3 Å². The van der Waals surface area contributed by atoms with Gasteiger partial charge in [-0.1, -0.05) is 29.3 Å². The van der Waals surface area contributed by atoms with Crippen LogP contribution in [0.25, 0.3) is 0 Å². The Hall–Kier alpha value is -1.45. The fourth-order valence-electron chi connectivity index (χ4n) is 1.57. The van der Waals surface area contributed by atoms with Gasteiger partial charge in [-0.3, -0.25) is 4.98 Å². The summed E-state index contributed by atoms with van der Waals surface area (Å²) >= 11 is 12.1. The summed E-state index contributed by atoms with van der Waals surface area (Å²) in [6.45, 7) is 2.22. The molecule has 0 bridgehead atoms. The SMILES string of the molecule is Cc1ccc(O)c(CNc2c(Cl)cccc2Cl)n1. The number of aryl methyl sites for hydroxylation is 1. The summed E-state index contributed by atoms with van der Waals surface area (Å²) in [5, 5.41) is 13.8. The highest BCUT2D eigenvalue weighted by Crippen LogP contribution is 2.30. The first-order valence-corrected chi connectivity index (χ1v) is 6.17. The average molecular weight is 283 g/mol. The van der Waals surface area contributed by atoms with Crippen LogP contribution < -0.4 is 5.32 Å². The molecule has 2 rings (SSSR count). The van der Waals surface area contributed by atoms with Crippen molar-refractivity contribution in [3.05, 3.63) is 51.8 Å². The number of benzene rings is 1. The molecule has 0 atom stereocenters. The molecule has 0 unspecified atom stereocenters. The fraction of sp³-hybridized carbons (Fsp3) is 0.154.